The van der Waals surface area contributed by atoms with Crippen LogP contribution in [0, 0.1) is 11.3 Å². The Morgan fingerprint density at radius 1 is 1.75 bits per heavy atom. The first-order chi connectivity index (χ1) is 7.52. The van der Waals surface area contributed by atoms with Crippen LogP contribution in [0.5, 0.6) is 0 Å². The van der Waals surface area contributed by atoms with Crippen molar-refractivity contribution in [3.8, 4) is 0 Å². The van der Waals surface area contributed by atoms with Crippen LogP contribution < -0.4 is 0 Å². The third-order valence-electron chi connectivity index (χ3n) is 3.44. The lowest BCUT2D eigenvalue weighted by Gasteiger charge is -2.23. The van der Waals surface area contributed by atoms with Crippen molar-refractivity contribution in [1.82, 2.24) is 0 Å². The smallest absolute Gasteiger partial charge is 0.310 e. The van der Waals surface area contributed by atoms with Crippen LogP contribution in [0.4, 0.5) is 0 Å². The number of thiophene rings is 1. The van der Waals surface area contributed by atoms with E-state index >= 15 is 0 Å². The van der Waals surface area contributed by atoms with Gasteiger partial charge in [0.1, 0.15) is 0 Å². The first-order valence-electron chi connectivity index (χ1n) is 5.48. The molecule has 0 saturated heterocycles. The highest BCUT2D eigenvalue weighted by Crippen LogP contribution is 2.45. The van der Waals surface area contributed by atoms with Gasteiger partial charge in [-0.05, 0) is 53.6 Å². The van der Waals surface area contributed by atoms with Gasteiger partial charge in [-0.1, -0.05) is 6.92 Å². The summed E-state index contributed by atoms with van der Waals surface area (Å²) in [5.41, 5.74) is -0.510. The maximum Gasteiger partial charge on any atom is 0.310 e. The number of carbonyl (C=O) groups is 1. The van der Waals surface area contributed by atoms with Crippen molar-refractivity contribution < 1.29 is 9.90 Å². The summed E-state index contributed by atoms with van der Waals surface area (Å²) in [7, 11) is 0. The molecule has 0 spiro atoms. The lowest BCUT2D eigenvalue weighted by molar-refractivity contribution is -0.148. The number of carboxylic acid groups (broad SMARTS) is 1. The highest BCUT2D eigenvalue weighted by Gasteiger charge is 2.44. The highest BCUT2D eigenvalue weighted by atomic mass is 79.9. The van der Waals surface area contributed by atoms with Crippen molar-refractivity contribution in [1.29, 1.82) is 0 Å². The van der Waals surface area contributed by atoms with Gasteiger partial charge in [0.2, 0.25) is 0 Å². The number of hydrogen-bond acceptors (Lipinski definition) is 2. The molecule has 1 heterocycles. The van der Waals surface area contributed by atoms with E-state index in [1.54, 1.807) is 11.3 Å². The Morgan fingerprint density at radius 2 is 2.50 bits per heavy atom. The van der Waals surface area contributed by atoms with E-state index in [0.717, 1.165) is 23.7 Å². The van der Waals surface area contributed by atoms with Gasteiger partial charge in [0, 0.05) is 14.7 Å². The van der Waals surface area contributed by atoms with Crippen LogP contribution >= 0.6 is 27.3 Å². The maximum absolute atomic E-state index is 11.5. The fourth-order valence-corrected chi connectivity index (χ4v) is 4.20. The average molecular weight is 303 g/mol. The highest BCUT2D eigenvalue weighted by molar-refractivity contribution is 9.10. The Bertz CT molecular complexity index is 401. The van der Waals surface area contributed by atoms with Gasteiger partial charge in [-0.15, -0.1) is 11.3 Å². The predicted molar refractivity (Wildman–Crippen MR) is 68.8 cm³/mol. The molecule has 0 aliphatic heterocycles. The molecular formula is C12H15BrO2S. The molecule has 2 unspecified atom stereocenters. The first kappa shape index (κ1) is 12.1. The molecule has 1 aliphatic rings. The van der Waals surface area contributed by atoms with E-state index in [2.05, 4.69) is 22.9 Å². The molecule has 1 N–H and O–H groups in total. The molecule has 0 bridgehead atoms. The molecule has 2 rings (SSSR count). The second kappa shape index (κ2) is 4.49. The van der Waals surface area contributed by atoms with E-state index in [-0.39, 0.29) is 0 Å². The fourth-order valence-electron chi connectivity index (χ4n) is 2.60. The van der Waals surface area contributed by atoms with Gasteiger partial charge in [0.15, 0.2) is 0 Å². The lowest BCUT2D eigenvalue weighted by atomic mass is 9.81. The number of halogens is 1. The summed E-state index contributed by atoms with van der Waals surface area (Å²) in [6.07, 6.45) is 3.36. The molecule has 1 aromatic heterocycles. The molecule has 16 heavy (non-hydrogen) atoms. The van der Waals surface area contributed by atoms with Crippen LogP contribution in [0.2, 0.25) is 0 Å². The minimum atomic E-state index is -0.624. The Labute approximate surface area is 108 Å². The minimum Gasteiger partial charge on any atom is -0.481 e. The lowest BCUT2D eigenvalue weighted by Crippen LogP contribution is -2.30. The third-order valence-corrected chi connectivity index (χ3v) is 5.14. The Balaban J connectivity index is 2.18. The van der Waals surface area contributed by atoms with E-state index < -0.39 is 11.4 Å². The van der Waals surface area contributed by atoms with E-state index in [1.807, 2.05) is 11.4 Å². The number of hydrogen-bond donors (Lipinski definition) is 1. The van der Waals surface area contributed by atoms with Crippen LogP contribution in [-0.4, -0.2) is 11.1 Å². The third kappa shape index (κ3) is 2.33. The van der Waals surface area contributed by atoms with Crippen LogP contribution in [0.15, 0.2) is 15.9 Å². The summed E-state index contributed by atoms with van der Waals surface area (Å²) in [4.78, 5) is 12.6. The van der Waals surface area contributed by atoms with Crippen molar-refractivity contribution >= 4 is 33.2 Å². The first-order valence-corrected chi connectivity index (χ1v) is 7.15. The monoisotopic (exact) mass is 302 g/mol. The normalized spacial score (nSPS) is 29.5. The van der Waals surface area contributed by atoms with Crippen molar-refractivity contribution in [2.45, 2.75) is 32.6 Å². The standard InChI is InChI=1S/C12H15BrO2S/c1-8-2-3-12(5-8,11(14)15)6-10-4-9(13)7-16-10/h4,7-8H,2-3,5-6H2,1H3,(H,14,15). The van der Waals surface area contributed by atoms with Gasteiger partial charge in [-0.25, -0.2) is 0 Å². The average Bonchev–Trinajstić information content (AvgIpc) is 2.75. The zero-order chi connectivity index (χ0) is 11.8. The van der Waals surface area contributed by atoms with E-state index in [9.17, 15) is 9.90 Å². The zero-order valence-corrected chi connectivity index (χ0v) is 11.6. The summed E-state index contributed by atoms with van der Waals surface area (Å²) in [5.74, 6) is -0.0825. The molecule has 0 amide bonds. The second-order valence-electron chi connectivity index (χ2n) is 4.84. The fraction of sp³-hybridized carbons (Fsp3) is 0.583. The molecule has 0 radical (unpaired) electrons. The Kier molecular flexibility index (Phi) is 3.40. The number of rotatable bonds is 3. The summed E-state index contributed by atoms with van der Waals surface area (Å²) >= 11 is 5.05. The maximum atomic E-state index is 11.5. The SMILES string of the molecule is CC1CCC(Cc2cc(Br)cs2)(C(=O)O)C1. The van der Waals surface area contributed by atoms with E-state index in [0.29, 0.717) is 12.3 Å². The van der Waals surface area contributed by atoms with Gasteiger partial charge < -0.3 is 5.11 Å². The molecule has 88 valence electrons. The Hall–Kier alpha value is -0.350. The largest absolute Gasteiger partial charge is 0.481 e. The number of aliphatic carboxylic acids is 1. The van der Waals surface area contributed by atoms with Crippen molar-refractivity contribution in [3.63, 3.8) is 0 Å². The van der Waals surface area contributed by atoms with Crippen LogP contribution in [0.1, 0.15) is 31.1 Å². The van der Waals surface area contributed by atoms with Crippen molar-refractivity contribution in [2.24, 2.45) is 11.3 Å². The Morgan fingerprint density at radius 3 is 2.94 bits per heavy atom. The topological polar surface area (TPSA) is 37.3 Å². The van der Waals surface area contributed by atoms with Gasteiger partial charge >= 0.3 is 5.97 Å². The molecule has 4 heteroatoms. The molecule has 0 aromatic carbocycles. The quantitative estimate of drug-likeness (QED) is 0.918. The summed E-state index contributed by atoms with van der Waals surface area (Å²) in [5, 5.41) is 11.5. The summed E-state index contributed by atoms with van der Waals surface area (Å²) in [6.45, 7) is 2.15. The van der Waals surface area contributed by atoms with Crippen LogP contribution in [-0.2, 0) is 11.2 Å². The van der Waals surface area contributed by atoms with Gasteiger partial charge in [-0.3, -0.25) is 4.79 Å². The van der Waals surface area contributed by atoms with E-state index in [4.69, 9.17) is 0 Å². The van der Waals surface area contributed by atoms with Crippen molar-refractivity contribution in [2.75, 3.05) is 0 Å². The van der Waals surface area contributed by atoms with E-state index in [1.165, 1.54) is 4.88 Å². The summed E-state index contributed by atoms with van der Waals surface area (Å²) in [6, 6.07) is 2.04. The number of carboxylic acids is 1. The molecular weight excluding hydrogens is 288 g/mol. The second-order valence-corrected chi connectivity index (χ2v) is 6.75. The van der Waals surface area contributed by atoms with Gasteiger partial charge in [0.25, 0.3) is 0 Å². The molecule has 1 fully saturated rings. The van der Waals surface area contributed by atoms with Crippen LogP contribution in [0.3, 0.4) is 0 Å². The molecule has 2 atom stereocenters. The summed E-state index contributed by atoms with van der Waals surface area (Å²) < 4.78 is 1.05. The molecule has 2 nitrogen and oxygen atoms in total. The molecule has 1 aromatic rings. The molecule has 1 saturated carbocycles. The van der Waals surface area contributed by atoms with Gasteiger partial charge in [-0.2, -0.15) is 0 Å². The minimum absolute atomic E-state index is 0.510. The predicted octanol–water partition coefficient (Wildman–Crippen LogP) is 3.94. The zero-order valence-electron chi connectivity index (χ0n) is 9.20. The van der Waals surface area contributed by atoms with Crippen molar-refractivity contribution in [3.05, 3.63) is 20.8 Å². The molecule has 1 aliphatic carbocycles. The van der Waals surface area contributed by atoms with Crippen LogP contribution in [0.25, 0.3) is 0 Å². The van der Waals surface area contributed by atoms with Gasteiger partial charge in [0.05, 0.1) is 5.41 Å².